The molecule has 5 heteroatoms. The topological polar surface area (TPSA) is 50.4 Å². The summed E-state index contributed by atoms with van der Waals surface area (Å²) in [4.78, 5) is 11.4. The van der Waals surface area contributed by atoms with Crippen molar-refractivity contribution in [2.75, 3.05) is 19.5 Å². The summed E-state index contributed by atoms with van der Waals surface area (Å²) < 4.78 is 5.34. The average Bonchev–Trinajstić information content (AvgIpc) is 2.33. The molecule has 0 atom stereocenters. The number of benzene rings is 1. The Hall–Kier alpha value is -1.42. The molecule has 0 unspecified atom stereocenters. The third-order valence-corrected chi connectivity index (χ3v) is 3.40. The first kappa shape index (κ1) is 13.6. The van der Waals surface area contributed by atoms with Crippen molar-refractivity contribution in [3.63, 3.8) is 0 Å². The van der Waals surface area contributed by atoms with Crippen LogP contribution in [0, 0.1) is 20.8 Å². The molecule has 0 aliphatic carbocycles. The van der Waals surface area contributed by atoms with E-state index < -0.39 is 0 Å². The molecule has 0 aromatic heterocycles. The van der Waals surface area contributed by atoms with E-state index in [0.29, 0.717) is 16.5 Å². The van der Waals surface area contributed by atoms with Gasteiger partial charge in [-0.05, 0) is 37.5 Å². The van der Waals surface area contributed by atoms with Crippen molar-refractivity contribution in [1.82, 2.24) is 5.32 Å². The van der Waals surface area contributed by atoms with Crippen LogP contribution in [-0.2, 0) is 0 Å². The van der Waals surface area contributed by atoms with Crippen LogP contribution in [0.4, 0.5) is 10.5 Å². The van der Waals surface area contributed by atoms with E-state index in [1.54, 1.807) is 14.2 Å². The molecule has 1 aromatic rings. The van der Waals surface area contributed by atoms with Crippen molar-refractivity contribution in [1.29, 1.82) is 0 Å². The highest BCUT2D eigenvalue weighted by atomic mass is 35.5. The lowest BCUT2D eigenvalue weighted by Crippen LogP contribution is -2.25. The molecule has 2 amide bonds. The summed E-state index contributed by atoms with van der Waals surface area (Å²) in [5.41, 5.74) is 3.30. The number of halogens is 1. The van der Waals surface area contributed by atoms with Gasteiger partial charge in [0.05, 0.1) is 12.8 Å². The molecule has 94 valence electrons. The number of rotatable bonds is 2. The van der Waals surface area contributed by atoms with Gasteiger partial charge in [0.25, 0.3) is 0 Å². The summed E-state index contributed by atoms with van der Waals surface area (Å²) in [5.74, 6) is 0.646. The second-order valence-electron chi connectivity index (χ2n) is 3.80. The van der Waals surface area contributed by atoms with Crippen molar-refractivity contribution in [2.45, 2.75) is 20.8 Å². The van der Waals surface area contributed by atoms with Gasteiger partial charge in [-0.2, -0.15) is 0 Å². The van der Waals surface area contributed by atoms with Crippen molar-refractivity contribution < 1.29 is 9.53 Å². The molecule has 0 radical (unpaired) electrons. The van der Waals surface area contributed by atoms with Gasteiger partial charge in [-0.1, -0.05) is 11.6 Å². The van der Waals surface area contributed by atoms with Crippen molar-refractivity contribution in [2.24, 2.45) is 0 Å². The lowest BCUT2D eigenvalue weighted by Gasteiger charge is -2.18. The van der Waals surface area contributed by atoms with E-state index in [0.717, 1.165) is 16.7 Å². The molecule has 17 heavy (non-hydrogen) atoms. The number of carbonyl (C=O) groups is 1. The highest BCUT2D eigenvalue weighted by Crippen LogP contribution is 2.39. The molecule has 2 N–H and O–H groups in total. The molecule has 1 rings (SSSR count). The molecular weight excluding hydrogens is 240 g/mol. The number of hydrogen-bond donors (Lipinski definition) is 2. The fourth-order valence-electron chi connectivity index (χ4n) is 1.67. The van der Waals surface area contributed by atoms with Gasteiger partial charge < -0.3 is 15.4 Å². The van der Waals surface area contributed by atoms with E-state index in [1.807, 2.05) is 20.8 Å². The normalized spacial score (nSPS) is 10.0. The van der Waals surface area contributed by atoms with Gasteiger partial charge >= 0.3 is 6.03 Å². The average molecular weight is 257 g/mol. The van der Waals surface area contributed by atoms with Crippen molar-refractivity contribution in [3.8, 4) is 5.75 Å². The fraction of sp³-hybridized carbons (Fsp3) is 0.417. The first-order valence-electron chi connectivity index (χ1n) is 5.26. The van der Waals surface area contributed by atoms with Gasteiger partial charge in [-0.15, -0.1) is 0 Å². The maximum Gasteiger partial charge on any atom is 0.319 e. The predicted octanol–water partition coefficient (Wildman–Crippen LogP) is 3.03. The van der Waals surface area contributed by atoms with E-state index in [2.05, 4.69) is 10.6 Å². The van der Waals surface area contributed by atoms with Crippen LogP contribution in [0.3, 0.4) is 0 Å². The van der Waals surface area contributed by atoms with Gasteiger partial charge in [0.15, 0.2) is 0 Å². The number of amides is 2. The first-order valence-corrected chi connectivity index (χ1v) is 5.63. The number of ether oxygens (including phenoxy) is 1. The number of anilines is 1. The largest absolute Gasteiger partial charge is 0.494 e. The Morgan fingerprint density at radius 1 is 1.18 bits per heavy atom. The van der Waals surface area contributed by atoms with Crippen LogP contribution in [-0.4, -0.2) is 20.2 Å². The summed E-state index contributed by atoms with van der Waals surface area (Å²) in [6.07, 6.45) is 0. The van der Waals surface area contributed by atoms with Gasteiger partial charge in [0.1, 0.15) is 5.75 Å². The zero-order valence-corrected chi connectivity index (χ0v) is 11.5. The van der Waals surface area contributed by atoms with Crippen LogP contribution in [0.15, 0.2) is 0 Å². The molecule has 0 saturated carbocycles. The highest BCUT2D eigenvalue weighted by Gasteiger charge is 2.18. The zero-order valence-electron chi connectivity index (χ0n) is 10.7. The summed E-state index contributed by atoms with van der Waals surface area (Å²) >= 11 is 6.22. The van der Waals surface area contributed by atoms with E-state index >= 15 is 0 Å². The van der Waals surface area contributed by atoms with Gasteiger partial charge in [0.2, 0.25) is 0 Å². The molecule has 0 aliphatic heterocycles. The monoisotopic (exact) mass is 256 g/mol. The molecular formula is C12H17ClN2O2. The van der Waals surface area contributed by atoms with Gasteiger partial charge in [-0.3, -0.25) is 0 Å². The number of nitrogens with one attached hydrogen (secondary N) is 2. The SMILES string of the molecule is CNC(=O)Nc1c(C)c(Cl)c(C)c(C)c1OC. The quantitative estimate of drug-likeness (QED) is 0.855. The van der Waals surface area contributed by atoms with Crippen LogP contribution in [0.1, 0.15) is 16.7 Å². The fourth-order valence-corrected chi connectivity index (χ4v) is 1.90. The molecule has 0 bridgehead atoms. The smallest absolute Gasteiger partial charge is 0.319 e. The second kappa shape index (κ2) is 5.27. The Morgan fingerprint density at radius 2 is 1.76 bits per heavy atom. The molecule has 0 heterocycles. The van der Waals surface area contributed by atoms with Gasteiger partial charge in [0, 0.05) is 12.1 Å². The molecule has 1 aromatic carbocycles. The molecule has 0 fully saturated rings. The first-order chi connectivity index (χ1) is 7.93. The predicted molar refractivity (Wildman–Crippen MR) is 70.3 cm³/mol. The minimum atomic E-state index is -0.300. The maximum atomic E-state index is 11.4. The lowest BCUT2D eigenvalue weighted by atomic mass is 10.0. The van der Waals surface area contributed by atoms with Crippen LogP contribution in [0.25, 0.3) is 0 Å². The maximum absolute atomic E-state index is 11.4. The van der Waals surface area contributed by atoms with Gasteiger partial charge in [-0.25, -0.2) is 4.79 Å². The number of carbonyl (C=O) groups excluding carboxylic acids is 1. The summed E-state index contributed by atoms with van der Waals surface area (Å²) in [5, 5.41) is 5.87. The second-order valence-corrected chi connectivity index (χ2v) is 4.18. The van der Waals surface area contributed by atoms with Crippen LogP contribution in [0.5, 0.6) is 5.75 Å². The molecule has 0 saturated heterocycles. The van der Waals surface area contributed by atoms with Crippen molar-refractivity contribution in [3.05, 3.63) is 21.7 Å². The summed E-state index contributed by atoms with van der Waals surface area (Å²) in [7, 11) is 3.13. The minimum Gasteiger partial charge on any atom is -0.494 e. The number of hydrogen-bond acceptors (Lipinski definition) is 2. The summed E-state index contributed by atoms with van der Waals surface area (Å²) in [6.45, 7) is 5.69. The Morgan fingerprint density at radius 3 is 2.24 bits per heavy atom. The standard InChI is InChI=1S/C12H17ClN2O2/c1-6-7(2)11(17-5)10(8(3)9(6)13)15-12(16)14-4/h1-5H3,(H2,14,15,16). The Kier molecular flexibility index (Phi) is 4.23. The Balaban J connectivity index is 3.41. The Labute approximate surface area is 106 Å². The molecule has 0 spiro atoms. The molecule has 4 nitrogen and oxygen atoms in total. The van der Waals surface area contributed by atoms with E-state index in [4.69, 9.17) is 16.3 Å². The van der Waals surface area contributed by atoms with Crippen LogP contribution >= 0.6 is 11.6 Å². The van der Waals surface area contributed by atoms with Crippen LogP contribution in [0.2, 0.25) is 5.02 Å². The third-order valence-electron chi connectivity index (χ3n) is 2.83. The summed E-state index contributed by atoms with van der Waals surface area (Å²) in [6, 6.07) is -0.300. The van der Waals surface area contributed by atoms with Crippen LogP contribution < -0.4 is 15.4 Å². The lowest BCUT2D eigenvalue weighted by molar-refractivity contribution is 0.254. The van der Waals surface area contributed by atoms with E-state index in [-0.39, 0.29) is 6.03 Å². The third kappa shape index (κ3) is 2.47. The Bertz CT molecular complexity index is 459. The van der Waals surface area contributed by atoms with E-state index in [9.17, 15) is 4.79 Å². The van der Waals surface area contributed by atoms with E-state index in [1.165, 1.54) is 0 Å². The number of methoxy groups -OCH3 is 1. The zero-order chi connectivity index (χ0) is 13.2. The molecule has 0 aliphatic rings. The number of urea groups is 1. The highest BCUT2D eigenvalue weighted by molar-refractivity contribution is 6.32. The minimum absolute atomic E-state index is 0.300. The van der Waals surface area contributed by atoms with Crippen molar-refractivity contribution >= 4 is 23.3 Å².